The molecule has 0 heterocycles. The van der Waals surface area contributed by atoms with Crippen molar-refractivity contribution in [1.29, 1.82) is 0 Å². The third-order valence-electron chi connectivity index (χ3n) is 2.57. The van der Waals surface area contributed by atoms with Crippen LogP contribution >= 0.6 is 0 Å². The van der Waals surface area contributed by atoms with Crippen LogP contribution in [0.15, 0.2) is 0 Å². The SMILES string of the molecule is O=C(O)CC(O)(CC(=O)O)C(=O)O.O=C(O)CC(O)(CC(=O)O)C(=O)O.[Mg].[Mg].[Mg]. The first-order chi connectivity index (χ1) is 11.6. The highest BCUT2D eigenvalue weighted by Crippen LogP contribution is 2.16. The zero-order chi connectivity index (χ0) is 21.3. The van der Waals surface area contributed by atoms with E-state index in [1.165, 1.54) is 0 Å². The standard InChI is InChI=1S/2C6H8O7.3Mg/c2*7-3(8)1-6(13,5(11)12)2-4(9)10;;;/h2*13H,1-2H2,(H,7,8)(H,9,10)(H,11,12);;;. The molecule has 0 amide bonds. The molecule has 0 atom stereocenters. The Balaban J connectivity index is -0.000000120. The van der Waals surface area contributed by atoms with E-state index < -0.39 is 72.7 Å². The third-order valence-corrected chi connectivity index (χ3v) is 2.57. The van der Waals surface area contributed by atoms with Gasteiger partial charge >= 0.3 is 35.8 Å². The molecule has 0 saturated heterocycles. The van der Waals surface area contributed by atoms with E-state index in [2.05, 4.69) is 0 Å². The Kier molecular flexibility index (Phi) is 22.4. The topological polar surface area (TPSA) is 264 Å². The lowest BCUT2D eigenvalue weighted by atomic mass is 9.96. The molecule has 0 aromatic rings. The molecule has 0 aliphatic rings. The Morgan fingerprint density at radius 2 is 0.586 bits per heavy atom. The second kappa shape index (κ2) is 16.8. The minimum Gasteiger partial charge on any atom is -0.481 e. The monoisotopic (exact) mass is 456 g/mol. The third kappa shape index (κ3) is 17.6. The predicted molar refractivity (Wildman–Crippen MR) is 91.4 cm³/mol. The number of rotatable bonds is 10. The molecule has 14 nitrogen and oxygen atoms in total. The van der Waals surface area contributed by atoms with Crippen LogP contribution in [0.25, 0.3) is 0 Å². The molecule has 0 aliphatic heterocycles. The lowest BCUT2D eigenvalue weighted by Gasteiger charge is -2.18. The normalized spacial score (nSPS) is 9.72. The Morgan fingerprint density at radius 3 is 0.655 bits per heavy atom. The molecule has 0 aromatic carbocycles. The van der Waals surface area contributed by atoms with Gasteiger partial charge in [-0.15, -0.1) is 0 Å². The van der Waals surface area contributed by atoms with Gasteiger partial charge in [-0.3, -0.25) is 19.2 Å². The largest absolute Gasteiger partial charge is 0.481 e. The zero-order valence-electron chi connectivity index (χ0n) is 15.0. The number of carboxylic acid groups (broad SMARTS) is 6. The first-order valence-electron chi connectivity index (χ1n) is 6.34. The molecule has 8 N–H and O–H groups in total. The smallest absolute Gasteiger partial charge is 0.336 e. The summed E-state index contributed by atoms with van der Waals surface area (Å²) in [5.41, 5.74) is -5.48. The predicted octanol–water partition coefficient (Wildman–Crippen LogP) is -3.64. The number of carboxylic acids is 6. The first-order valence-corrected chi connectivity index (χ1v) is 6.34. The molecule has 0 spiro atoms. The molecule has 0 aliphatic carbocycles. The molecule has 0 unspecified atom stereocenters. The number of aliphatic carboxylic acids is 6. The molecule has 154 valence electrons. The van der Waals surface area contributed by atoms with Crippen molar-refractivity contribution in [3.05, 3.63) is 0 Å². The summed E-state index contributed by atoms with van der Waals surface area (Å²) in [5, 5.41) is 67.6. The fraction of sp³-hybridized carbons (Fsp3) is 0.500. The van der Waals surface area contributed by atoms with Crippen LogP contribution in [0.2, 0.25) is 0 Å². The molecule has 29 heavy (non-hydrogen) atoms. The molecule has 0 aromatic heterocycles. The first kappa shape index (κ1) is 38.6. The molecule has 0 saturated carbocycles. The number of carbonyl (C=O) groups is 6. The van der Waals surface area contributed by atoms with Gasteiger partial charge in [0.2, 0.25) is 0 Å². The van der Waals surface area contributed by atoms with Crippen molar-refractivity contribution in [3.63, 3.8) is 0 Å². The van der Waals surface area contributed by atoms with Gasteiger partial charge in [-0.25, -0.2) is 9.59 Å². The summed E-state index contributed by atoms with van der Waals surface area (Å²) in [7, 11) is 0. The molecule has 0 bridgehead atoms. The quantitative estimate of drug-likeness (QED) is 0.147. The van der Waals surface area contributed by atoms with E-state index in [1.807, 2.05) is 0 Å². The fourth-order valence-electron chi connectivity index (χ4n) is 1.43. The van der Waals surface area contributed by atoms with Gasteiger partial charge in [-0.2, -0.15) is 0 Å². The van der Waals surface area contributed by atoms with Gasteiger partial charge in [0.05, 0.1) is 25.7 Å². The van der Waals surface area contributed by atoms with Crippen molar-refractivity contribution in [3.8, 4) is 0 Å². The van der Waals surface area contributed by atoms with E-state index in [4.69, 9.17) is 40.9 Å². The van der Waals surface area contributed by atoms with Crippen molar-refractivity contribution in [2.24, 2.45) is 0 Å². The summed E-state index contributed by atoms with van der Waals surface area (Å²) in [6.07, 6.45) is -4.58. The maximum absolute atomic E-state index is 10.3. The van der Waals surface area contributed by atoms with Crippen LogP contribution in [0.5, 0.6) is 0 Å². The summed E-state index contributed by atoms with van der Waals surface area (Å²) < 4.78 is 0. The van der Waals surface area contributed by atoms with Crippen LogP contribution in [0.3, 0.4) is 0 Å². The van der Waals surface area contributed by atoms with Gasteiger partial charge in [0.1, 0.15) is 0 Å². The lowest BCUT2D eigenvalue weighted by Crippen LogP contribution is -2.42. The highest BCUT2D eigenvalue weighted by atomic mass is 24.3. The summed E-state index contributed by atoms with van der Waals surface area (Å²) in [4.78, 5) is 61.0. The van der Waals surface area contributed by atoms with Crippen molar-refractivity contribution in [2.45, 2.75) is 36.9 Å². The van der Waals surface area contributed by atoms with Gasteiger partial charge in [0, 0.05) is 69.2 Å². The molecule has 0 fully saturated rings. The number of hydrogen-bond donors (Lipinski definition) is 8. The van der Waals surface area contributed by atoms with E-state index >= 15 is 0 Å². The number of aliphatic hydroxyl groups is 2. The average molecular weight is 457 g/mol. The van der Waals surface area contributed by atoms with Crippen molar-refractivity contribution >= 4 is 105 Å². The molecule has 6 radical (unpaired) electrons. The second-order valence-corrected chi connectivity index (χ2v) is 4.96. The maximum atomic E-state index is 10.3. The van der Waals surface area contributed by atoms with Gasteiger partial charge < -0.3 is 40.9 Å². The highest BCUT2D eigenvalue weighted by Gasteiger charge is 2.41. The lowest BCUT2D eigenvalue weighted by molar-refractivity contribution is -0.170. The fourth-order valence-corrected chi connectivity index (χ4v) is 1.43. The van der Waals surface area contributed by atoms with Crippen LogP contribution in [-0.4, -0.2) is 157 Å². The van der Waals surface area contributed by atoms with Gasteiger partial charge in [0.25, 0.3) is 0 Å². The number of hydrogen-bond acceptors (Lipinski definition) is 8. The molecule has 17 heteroatoms. The maximum Gasteiger partial charge on any atom is 0.336 e. The van der Waals surface area contributed by atoms with Crippen molar-refractivity contribution in [1.82, 2.24) is 0 Å². The molecular weight excluding hydrogens is 441 g/mol. The van der Waals surface area contributed by atoms with E-state index in [9.17, 15) is 28.8 Å². The Labute approximate surface area is 210 Å². The van der Waals surface area contributed by atoms with Crippen LogP contribution in [0.1, 0.15) is 25.7 Å². The van der Waals surface area contributed by atoms with E-state index in [0.29, 0.717) is 0 Å². The van der Waals surface area contributed by atoms with Crippen LogP contribution in [0, 0.1) is 0 Å². The minimum atomic E-state index is -2.74. The highest BCUT2D eigenvalue weighted by molar-refractivity contribution is 5.88. The van der Waals surface area contributed by atoms with Gasteiger partial charge in [-0.05, 0) is 0 Å². The van der Waals surface area contributed by atoms with E-state index in [0.717, 1.165) is 0 Å². The minimum absolute atomic E-state index is 0. The van der Waals surface area contributed by atoms with Gasteiger partial charge in [0.15, 0.2) is 11.2 Å². The van der Waals surface area contributed by atoms with E-state index in [1.54, 1.807) is 0 Å². The summed E-state index contributed by atoms with van der Waals surface area (Å²) in [5.74, 6) is -10.0. The molecule has 0 rings (SSSR count). The Morgan fingerprint density at radius 1 is 0.448 bits per heavy atom. The second-order valence-electron chi connectivity index (χ2n) is 4.96. The van der Waals surface area contributed by atoms with Gasteiger partial charge in [-0.1, -0.05) is 0 Å². The Hall–Kier alpha value is -0.961. The summed E-state index contributed by atoms with van der Waals surface area (Å²) in [6, 6.07) is 0. The van der Waals surface area contributed by atoms with Crippen LogP contribution in [-0.2, 0) is 28.8 Å². The van der Waals surface area contributed by atoms with Crippen LogP contribution in [0.4, 0.5) is 0 Å². The molecular formula is C12H16Mg3O14. The Bertz CT molecular complexity index is 521. The van der Waals surface area contributed by atoms with Crippen molar-refractivity contribution in [2.75, 3.05) is 0 Å². The summed E-state index contributed by atoms with van der Waals surface area (Å²) >= 11 is 0. The zero-order valence-corrected chi connectivity index (χ0v) is 19.2. The van der Waals surface area contributed by atoms with Crippen molar-refractivity contribution < 1.29 is 69.6 Å². The average Bonchev–Trinajstić information content (AvgIpc) is 2.34. The summed E-state index contributed by atoms with van der Waals surface area (Å²) in [6.45, 7) is 0. The van der Waals surface area contributed by atoms with Crippen LogP contribution < -0.4 is 0 Å². The van der Waals surface area contributed by atoms with E-state index in [-0.39, 0.29) is 69.2 Å².